The molecule has 0 bridgehead atoms. The molecule has 1 aliphatic heterocycles. The van der Waals surface area contributed by atoms with Crippen LogP contribution in [0, 0.1) is 0 Å². The van der Waals surface area contributed by atoms with Gasteiger partial charge in [0.25, 0.3) is 0 Å². The molecule has 2 aromatic rings. The average Bonchev–Trinajstić information content (AvgIpc) is 2.93. The van der Waals surface area contributed by atoms with E-state index < -0.39 is 0 Å². The third kappa shape index (κ3) is 3.06. The molecule has 2 N–H and O–H groups in total. The highest BCUT2D eigenvalue weighted by Gasteiger charge is 2.28. The summed E-state index contributed by atoms with van der Waals surface area (Å²) in [5.41, 5.74) is 8.74. The fraction of sp³-hybridized carbons (Fsp3) is 0.294. The lowest BCUT2D eigenvalue weighted by molar-refractivity contribution is 0.198. The van der Waals surface area contributed by atoms with E-state index in [2.05, 4.69) is 22.0 Å². The standard InChI is InChI=1S/C17H18BrNO2/c1-20-13-6-7-14(18)12(8-13)9-15(19)17-10-11-4-2-3-5-16(11)21-17/h2-8,15,17H,9-10,19H2,1H3. The molecule has 3 nitrogen and oxygen atoms in total. The van der Waals surface area contributed by atoms with E-state index in [-0.39, 0.29) is 12.1 Å². The highest BCUT2D eigenvalue weighted by molar-refractivity contribution is 9.10. The summed E-state index contributed by atoms with van der Waals surface area (Å²) in [6.45, 7) is 0. The first-order valence-electron chi connectivity index (χ1n) is 7.00. The Kier molecular flexibility index (Phi) is 4.17. The molecule has 0 saturated carbocycles. The van der Waals surface area contributed by atoms with Crippen molar-refractivity contribution in [3.63, 3.8) is 0 Å². The molecule has 0 radical (unpaired) electrons. The molecule has 1 heterocycles. The van der Waals surface area contributed by atoms with Gasteiger partial charge < -0.3 is 15.2 Å². The molecule has 0 aromatic heterocycles. The van der Waals surface area contributed by atoms with Crippen LogP contribution in [0.5, 0.6) is 11.5 Å². The Labute approximate surface area is 133 Å². The van der Waals surface area contributed by atoms with Gasteiger partial charge in [-0.25, -0.2) is 0 Å². The highest BCUT2D eigenvalue weighted by Crippen LogP contribution is 2.31. The molecule has 0 saturated heterocycles. The SMILES string of the molecule is COc1ccc(Br)c(CC(N)C2Cc3ccccc3O2)c1. The van der Waals surface area contributed by atoms with Crippen LogP contribution in [0.1, 0.15) is 11.1 Å². The van der Waals surface area contributed by atoms with Gasteiger partial charge >= 0.3 is 0 Å². The van der Waals surface area contributed by atoms with Crippen molar-refractivity contribution >= 4 is 15.9 Å². The number of hydrogen-bond acceptors (Lipinski definition) is 3. The van der Waals surface area contributed by atoms with E-state index in [9.17, 15) is 0 Å². The molecule has 2 atom stereocenters. The maximum Gasteiger partial charge on any atom is 0.123 e. The molecule has 0 aliphatic carbocycles. The second-order valence-corrected chi connectivity index (χ2v) is 6.15. The minimum Gasteiger partial charge on any atom is -0.497 e. The Morgan fingerprint density at radius 3 is 2.90 bits per heavy atom. The molecule has 1 aliphatic rings. The zero-order valence-corrected chi connectivity index (χ0v) is 13.5. The zero-order chi connectivity index (χ0) is 14.8. The van der Waals surface area contributed by atoms with Crippen LogP contribution < -0.4 is 15.2 Å². The van der Waals surface area contributed by atoms with Gasteiger partial charge in [-0.2, -0.15) is 0 Å². The molecule has 21 heavy (non-hydrogen) atoms. The first-order valence-corrected chi connectivity index (χ1v) is 7.79. The van der Waals surface area contributed by atoms with E-state index in [0.717, 1.165) is 34.4 Å². The van der Waals surface area contributed by atoms with Crippen molar-refractivity contribution in [2.24, 2.45) is 5.73 Å². The number of methoxy groups -OCH3 is 1. The monoisotopic (exact) mass is 347 g/mol. The van der Waals surface area contributed by atoms with Gasteiger partial charge in [-0.3, -0.25) is 0 Å². The largest absolute Gasteiger partial charge is 0.497 e. The molecule has 0 amide bonds. The van der Waals surface area contributed by atoms with E-state index in [0.29, 0.717) is 0 Å². The highest BCUT2D eigenvalue weighted by atomic mass is 79.9. The topological polar surface area (TPSA) is 44.5 Å². The molecule has 110 valence electrons. The van der Waals surface area contributed by atoms with Gasteiger partial charge in [-0.15, -0.1) is 0 Å². The minimum absolute atomic E-state index is 0.0282. The summed E-state index contributed by atoms with van der Waals surface area (Å²) in [7, 11) is 1.67. The third-order valence-corrected chi connectivity index (χ3v) is 4.63. The van der Waals surface area contributed by atoms with Crippen molar-refractivity contribution in [2.45, 2.75) is 25.0 Å². The zero-order valence-electron chi connectivity index (χ0n) is 11.9. The molecular weight excluding hydrogens is 330 g/mol. The second kappa shape index (κ2) is 6.08. The average molecular weight is 348 g/mol. The Hall–Kier alpha value is -1.52. The Morgan fingerprint density at radius 2 is 2.14 bits per heavy atom. The van der Waals surface area contributed by atoms with Crippen LogP contribution in [-0.2, 0) is 12.8 Å². The summed E-state index contributed by atoms with van der Waals surface area (Å²) >= 11 is 3.57. The number of hydrogen-bond donors (Lipinski definition) is 1. The lowest BCUT2D eigenvalue weighted by atomic mass is 9.98. The number of rotatable bonds is 4. The molecule has 0 spiro atoms. The third-order valence-electron chi connectivity index (χ3n) is 3.86. The smallest absolute Gasteiger partial charge is 0.123 e. The van der Waals surface area contributed by atoms with Gasteiger partial charge in [0.2, 0.25) is 0 Å². The molecule has 2 unspecified atom stereocenters. The fourth-order valence-corrected chi connectivity index (χ4v) is 3.08. The summed E-state index contributed by atoms with van der Waals surface area (Å²) < 4.78 is 12.3. The second-order valence-electron chi connectivity index (χ2n) is 5.29. The van der Waals surface area contributed by atoms with Gasteiger partial charge in [0, 0.05) is 16.9 Å². The van der Waals surface area contributed by atoms with Crippen LogP contribution >= 0.6 is 15.9 Å². The molecule has 4 heteroatoms. The molecule has 0 fully saturated rings. The van der Waals surface area contributed by atoms with Gasteiger partial charge in [-0.1, -0.05) is 34.1 Å². The lowest BCUT2D eigenvalue weighted by Gasteiger charge is -2.20. The number of benzene rings is 2. The van der Waals surface area contributed by atoms with Gasteiger partial charge in [0.15, 0.2) is 0 Å². The van der Waals surface area contributed by atoms with E-state index in [1.54, 1.807) is 7.11 Å². The number of para-hydroxylation sites is 1. The Morgan fingerprint density at radius 1 is 1.33 bits per heavy atom. The molecular formula is C17H18BrNO2. The predicted molar refractivity (Wildman–Crippen MR) is 86.9 cm³/mol. The van der Waals surface area contributed by atoms with Crippen molar-refractivity contribution < 1.29 is 9.47 Å². The lowest BCUT2D eigenvalue weighted by Crippen LogP contribution is -2.39. The van der Waals surface area contributed by atoms with Crippen LogP contribution in [0.2, 0.25) is 0 Å². The van der Waals surface area contributed by atoms with E-state index in [1.165, 1.54) is 5.56 Å². The van der Waals surface area contributed by atoms with Crippen molar-refractivity contribution in [1.29, 1.82) is 0 Å². The number of nitrogens with two attached hydrogens (primary N) is 1. The summed E-state index contributed by atoms with van der Waals surface area (Å²) in [4.78, 5) is 0. The van der Waals surface area contributed by atoms with Crippen LogP contribution in [0.15, 0.2) is 46.9 Å². The van der Waals surface area contributed by atoms with Crippen molar-refractivity contribution in [2.75, 3.05) is 7.11 Å². The van der Waals surface area contributed by atoms with Crippen molar-refractivity contribution in [1.82, 2.24) is 0 Å². The fourth-order valence-electron chi connectivity index (χ4n) is 2.67. The summed E-state index contributed by atoms with van der Waals surface area (Å²) in [5, 5.41) is 0. The summed E-state index contributed by atoms with van der Waals surface area (Å²) in [6, 6.07) is 14.0. The van der Waals surface area contributed by atoms with Crippen LogP contribution in [0.4, 0.5) is 0 Å². The van der Waals surface area contributed by atoms with Crippen molar-refractivity contribution in [3.05, 3.63) is 58.1 Å². The number of halogens is 1. The van der Waals surface area contributed by atoms with Gasteiger partial charge in [-0.05, 0) is 41.8 Å². The maximum atomic E-state index is 6.36. The first kappa shape index (κ1) is 14.4. The van der Waals surface area contributed by atoms with Gasteiger partial charge in [0.05, 0.1) is 7.11 Å². The van der Waals surface area contributed by atoms with E-state index in [1.807, 2.05) is 36.4 Å². The number of ether oxygens (including phenoxy) is 2. The first-order chi connectivity index (χ1) is 10.2. The maximum absolute atomic E-state index is 6.36. The predicted octanol–water partition coefficient (Wildman–Crippen LogP) is 3.33. The van der Waals surface area contributed by atoms with Gasteiger partial charge in [0.1, 0.15) is 17.6 Å². The van der Waals surface area contributed by atoms with Crippen molar-refractivity contribution in [3.8, 4) is 11.5 Å². The van der Waals surface area contributed by atoms with Crippen LogP contribution in [0.25, 0.3) is 0 Å². The quantitative estimate of drug-likeness (QED) is 0.922. The minimum atomic E-state index is -0.0548. The Bertz CT molecular complexity index is 619. The Balaban J connectivity index is 1.72. The summed E-state index contributed by atoms with van der Waals surface area (Å²) in [6.07, 6.45) is 1.65. The molecule has 2 aromatic carbocycles. The number of fused-ring (bicyclic) bond motifs is 1. The van der Waals surface area contributed by atoms with Crippen LogP contribution in [0.3, 0.4) is 0 Å². The van der Waals surface area contributed by atoms with E-state index in [4.69, 9.17) is 15.2 Å². The van der Waals surface area contributed by atoms with Crippen LogP contribution in [-0.4, -0.2) is 19.3 Å². The van der Waals surface area contributed by atoms with E-state index >= 15 is 0 Å². The molecule has 3 rings (SSSR count). The summed E-state index contributed by atoms with van der Waals surface area (Å²) in [5.74, 6) is 1.80. The normalized spacial score (nSPS) is 18.0.